The number of piperidine rings is 1. The molecule has 0 unspecified atom stereocenters. The molecule has 2 aliphatic heterocycles. The second-order valence-electron chi connectivity index (χ2n) is 10.3. The monoisotopic (exact) mass is 516 g/mol. The summed E-state index contributed by atoms with van der Waals surface area (Å²) in [5.41, 5.74) is 0.579. The molecule has 1 amide bonds. The Bertz CT molecular complexity index is 1250. The van der Waals surface area contributed by atoms with Gasteiger partial charge in [0.05, 0.1) is 12.9 Å². The number of hydrogen-bond donors (Lipinski definition) is 3. The number of amides is 1. The van der Waals surface area contributed by atoms with Crippen molar-refractivity contribution in [3.05, 3.63) is 24.4 Å². The summed E-state index contributed by atoms with van der Waals surface area (Å²) < 4.78 is 18.0. The van der Waals surface area contributed by atoms with Gasteiger partial charge in [-0.1, -0.05) is 25.9 Å². The van der Waals surface area contributed by atoms with Gasteiger partial charge in [0.1, 0.15) is 18.5 Å². The van der Waals surface area contributed by atoms with Crippen molar-refractivity contribution >= 4 is 23.1 Å². The van der Waals surface area contributed by atoms with Gasteiger partial charge in [-0.15, -0.1) is 0 Å². The lowest BCUT2D eigenvalue weighted by atomic mass is 9.96. The van der Waals surface area contributed by atoms with Crippen molar-refractivity contribution in [3.63, 3.8) is 0 Å². The summed E-state index contributed by atoms with van der Waals surface area (Å²) in [6.45, 7) is 9.12. The summed E-state index contributed by atoms with van der Waals surface area (Å²) in [6, 6.07) is 0.0861. The van der Waals surface area contributed by atoms with Crippen LogP contribution in [0.1, 0.15) is 64.6 Å². The lowest BCUT2D eigenvalue weighted by Gasteiger charge is -2.31. The van der Waals surface area contributed by atoms with Crippen LogP contribution in [0.2, 0.25) is 0 Å². The minimum atomic E-state index is -1.29. The van der Waals surface area contributed by atoms with E-state index in [0.29, 0.717) is 42.5 Å². The van der Waals surface area contributed by atoms with Crippen molar-refractivity contribution in [1.29, 1.82) is 0 Å². The Morgan fingerprint density at radius 2 is 1.95 bits per heavy atom. The van der Waals surface area contributed by atoms with Gasteiger partial charge in [0.25, 0.3) is 5.89 Å². The van der Waals surface area contributed by atoms with Gasteiger partial charge in [0.15, 0.2) is 35.1 Å². The molecule has 0 bridgehead atoms. The molecule has 3 aromatic heterocycles. The van der Waals surface area contributed by atoms with E-state index < -0.39 is 24.5 Å². The topological polar surface area (TPSA) is 174 Å². The van der Waals surface area contributed by atoms with Crippen molar-refractivity contribution < 1.29 is 29.0 Å². The second kappa shape index (κ2) is 9.84. The Hall–Kier alpha value is -3.36. The molecular weight excluding hydrogens is 484 g/mol. The van der Waals surface area contributed by atoms with Gasteiger partial charge in [-0.2, -0.15) is 4.98 Å². The molecule has 5 rings (SSSR count). The number of ether oxygens (including phenoxy) is 2. The summed E-state index contributed by atoms with van der Waals surface area (Å²) in [5, 5.41) is 28.9. The zero-order chi connectivity index (χ0) is 26.3. The summed E-state index contributed by atoms with van der Waals surface area (Å²) in [7, 11) is 0. The van der Waals surface area contributed by atoms with Crippen molar-refractivity contribution in [2.45, 2.75) is 76.5 Å². The van der Waals surface area contributed by atoms with Gasteiger partial charge < -0.3 is 34.4 Å². The van der Waals surface area contributed by atoms with Gasteiger partial charge in [-0.05, 0) is 19.8 Å². The number of aromatic nitrogens is 6. The molecule has 3 aromatic rings. The molecule has 2 fully saturated rings. The molecular formula is C23H32N8O6. The third kappa shape index (κ3) is 4.83. The Morgan fingerprint density at radius 3 is 2.62 bits per heavy atom. The normalized spacial score (nSPS) is 25.1. The lowest BCUT2D eigenvalue weighted by molar-refractivity contribution is -0.0451. The van der Waals surface area contributed by atoms with Crippen LogP contribution in [-0.2, 0) is 14.9 Å². The Kier molecular flexibility index (Phi) is 6.72. The molecule has 5 heterocycles. The van der Waals surface area contributed by atoms with E-state index in [-0.39, 0.29) is 23.4 Å². The van der Waals surface area contributed by atoms with Gasteiger partial charge in [0.2, 0.25) is 0 Å². The summed E-state index contributed by atoms with van der Waals surface area (Å²) in [4.78, 5) is 31.2. The highest BCUT2D eigenvalue weighted by molar-refractivity contribution is 5.82. The number of nitrogens with one attached hydrogen (secondary N) is 1. The average Bonchev–Trinajstić information content (AvgIpc) is 3.59. The number of imidazole rings is 1. The first-order chi connectivity index (χ1) is 17.7. The number of aliphatic hydroxyl groups excluding tert-OH is 2. The molecule has 14 heteroatoms. The number of rotatable bonds is 5. The Labute approximate surface area is 213 Å². The van der Waals surface area contributed by atoms with Crippen LogP contribution in [0, 0.1) is 0 Å². The fourth-order valence-corrected chi connectivity index (χ4v) is 4.51. The minimum absolute atomic E-state index is 0.0861. The number of aliphatic hydroxyl groups is 2. The van der Waals surface area contributed by atoms with E-state index in [4.69, 9.17) is 14.0 Å². The fourth-order valence-electron chi connectivity index (χ4n) is 4.51. The lowest BCUT2D eigenvalue weighted by Crippen LogP contribution is -2.42. The minimum Gasteiger partial charge on any atom is -0.450 e. The maximum atomic E-state index is 12.0. The van der Waals surface area contributed by atoms with E-state index >= 15 is 0 Å². The number of carbonyl (C=O) groups is 1. The van der Waals surface area contributed by atoms with Gasteiger partial charge >= 0.3 is 6.09 Å². The molecule has 3 N–H and O–H groups in total. The van der Waals surface area contributed by atoms with Crippen LogP contribution >= 0.6 is 0 Å². The number of fused-ring (bicyclic) bond motifs is 1. The van der Waals surface area contributed by atoms with E-state index in [0.717, 1.165) is 12.8 Å². The molecule has 200 valence electrons. The Balaban J connectivity index is 1.32. The average molecular weight is 517 g/mol. The molecule has 0 aromatic carbocycles. The maximum Gasteiger partial charge on any atom is 0.409 e. The summed E-state index contributed by atoms with van der Waals surface area (Å²) in [6.07, 6.45) is -0.519. The third-order valence-corrected chi connectivity index (χ3v) is 6.59. The van der Waals surface area contributed by atoms with E-state index in [1.54, 1.807) is 16.4 Å². The number of anilines is 1. The first-order valence-corrected chi connectivity index (χ1v) is 12.4. The summed E-state index contributed by atoms with van der Waals surface area (Å²) >= 11 is 0. The molecule has 0 spiro atoms. The van der Waals surface area contributed by atoms with Crippen LogP contribution in [0.3, 0.4) is 0 Å². The molecule has 2 saturated heterocycles. The zero-order valence-electron chi connectivity index (χ0n) is 21.2. The molecule has 0 aliphatic carbocycles. The van der Waals surface area contributed by atoms with Gasteiger partial charge in [-0.25, -0.2) is 19.7 Å². The largest absolute Gasteiger partial charge is 0.450 e. The molecule has 0 saturated carbocycles. The standard InChI is InChI=1S/C23H32N8O6/c1-5-35-22(34)30-8-6-12(7-9-30)27-17-13-18(25-10-24-17)31(11-26-13)20-15(33)14(32)16(36-20)19-28-21(29-37-19)23(2,3)4/h10-12,14-16,20,32-33H,5-9H2,1-4H3,(H,24,25,27)/t14-,15+,16-,20+/m0/s1. The highest BCUT2D eigenvalue weighted by atomic mass is 16.6. The Morgan fingerprint density at radius 1 is 1.19 bits per heavy atom. The molecule has 2 aliphatic rings. The third-order valence-electron chi connectivity index (χ3n) is 6.59. The summed E-state index contributed by atoms with van der Waals surface area (Å²) in [5.74, 6) is 1.10. The number of likely N-dealkylation sites (tertiary alicyclic amines) is 1. The maximum absolute atomic E-state index is 12.0. The van der Waals surface area contributed by atoms with Crippen molar-refractivity contribution in [2.75, 3.05) is 25.0 Å². The fraction of sp³-hybridized carbons (Fsp3) is 0.652. The molecule has 14 nitrogen and oxygen atoms in total. The SMILES string of the molecule is CCOC(=O)N1CCC(Nc2ncnc3c2ncn3[C@@H]2O[C@H](c3nc(C(C)(C)C)no3)[C@@H](O)[C@H]2O)CC1. The van der Waals surface area contributed by atoms with E-state index in [9.17, 15) is 15.0 Å². The van der Waals surface area contributed by atoms with Crippen LogP contribution in [0.25, 0.3) is 11.2 Å². The van der Waals surface area contributed by atoms with Gasteiger partial charge in [-0.3, -0.25) is 4.57 Å². The predicted molar refractivity (Wildman–Crippen MR) is 128 cm³/mol. The molecule has 4 atom stereocenters. The van der Waals surface area contributed by atoms with Crippen LogP contribution in [0.15, 0.2) is 17.2 Å². The quantitative estimate of drug-likeness (QED) is 0.447. The predicted octanol–water partition coefficient (Wildman–Crippen LogP) is 1.53. The first-order valence-electron chi connectivity index (χ1n) is 12.4. The molecule has 37 heavy (non-hydrogen) atoms. The van der Waals surface area contributed by atoms with Crippen molar-refractivity contribution in [2.24, 2.45) is 0 Å². The molecule has 0 radical (unpaired) electrons. The number of carbonyl (C=O) groups excluding carboxylic acids is 1. The first kappa shape index (κ1) is 25.3. The van der Waals surface area contributed by atoms with Crippen LogP contribution < -0.4 is 5.32 Å². The van der Waals surface area contributed by atoms with Crippen LogP contribution in [0.4, 0.5) is 10.6 Å². The highest BCUT2D eigenvalue weighted by Gasteiger charge is 2.48. The van der Waals surface area contributed by atoms with Crippen LogP contribution in [0.5, 0.6) is 0 Å². The zero-order valence-corrected chi connectivity index (χ0v) is 21.2. The smallest absolute Gasteiger partial charge is 0.409 e. The number of nitrogens with zero attached hydrogens (tertiary/aromatic N) is 7. The van der Waals surface area contributed by atoms with Gasteiger partial charge in [0, 0.05) is 24.5 Å². The van der Waals surface area contributed by atoms with Crippen molar-refractivity contribution in [3.8, 4) is 0 Å². The van der Waals surface area contributed by atoms with E-state index in [2.05, 4.69) is 30.4 Å². The van der Waals surface area contributed by atoms with Crippen molar-refractivity contribution in [1.82, 2.24) is 34.6 Å². The number of hydrogen-bond acceptors (Lipinski definition) is 12. The second-order valence-corrected chi connectivity index (χ2v) is 10.3. The van der Waals surface area contributed by atoms with E-state index in [1.807, 2.05) is 20.8 Å². The van der Waals surface area contributed by atoms with Crippen LogP contribution in [-0.4, -0.2) is 88.8 Å². The highest BCUT2D eigenvalue weighted by Crippen LogP contribution is 2.40. The van der Waals surface area contributed by atoms with E-state index in [1.165, 1.54) is 12.7 Å².